The molecule has 1 aromatic rings. The van der Waals surface area contributed by atoms with E-state index in [1.54, 1.807) is 0 Å². The average molecular weight is 149 g/mol. The summed E-state index contributed by atoms with van der Waals surface area (Å²) in [5, 5.41) is 0. The van der Waals surface area contributed by atoms with Gasteiger partial charge in [-0.1, -0.05) is 12.1 Å². The lowest BCUT2D eigenvalue weighted by Gasteiger charge is -2.06. The second-order valence-corrected chi connectivity index (χ2v) is 3.06. The molecule has 0 saturated heterocycles. The van der Waals surface area contributed by atoms with Gasteiger partial charge in [0.25, 0.3) is 0 Å². The number of hydrogen-bond donors (Lipinski definition) is 1. The maximum Gasteiger partial charge on any atom is 0.0178 e. The molecule has 0 aliphatic carbocycles. The molecule has 0 aliphatic rings. The van der Waals surface area contributed by atoms with Crippen molar-refractivity contribution in [2.75, 3.05) is 0 Å². The monoisotopic (exact) mass is 149 g/mol. The quantitative estimate of drug-likeness (QED) is 0.650. The first-order valence-electron chi connectivity index (χ1n) is 3.92. The Hall–Kier alpha value is -0.820. The van der Waals surface area contributed by atoms with Crippen LogP contribution in [-0.4, -0.2) is 0 Å². The van der Waals surface area contributed by atoms with Crippen LogP contribution in [0.5, 0.6) is 0 Å². The Morgan fingerprint density at radius 2 is 1.55 bits per heavy atom. The SMILES string of the molecule is Cc1cc(CN)cc(C)c1C. The van der Waals surface area contributed by atoms with Crippen molar-refractivity contribution in [3.05, 3.63) is 34.4 Å². The molecule has 0 fully saturated rings. The highest BCUT2D eigenvalue weighted by molar-refractivity contribution is 5.36. The summed E-state index contributed by atoms with van der Waals surface area (Å²) in [6, 6.07) is 4.31. The summed E-state index contributed by atoms with van der Waals surface area (Å²) in [4.78, 5) is 0. The normalized spacial score (nSPS) is 10.2. The van der Waals surface area contributed by atoms with Gasteiger partial charge in [-0.3, -0.25) is 0 Å². The highest BCUT2D eigenvalue weighted by Crippen LogP contribution is 2.14. The number of benzene rings is 1. The van der Waals surface area contributed by atoms with Crippen molar-refractivity contribution in [1.29, 1.82) is 0 Å². The molecule has 60 valence electrons. The first-order chi connectivity index (χ1) is 5.15. The zero-order chi connectivity index (χ0) is 8.43. The molecule has 1 rings (SSSR count). The lowest BCUT2D eigenvalue weighted by Crippen LogP contribution is -1.98. The van der Waals surface area contributed by atoms with Crippen molar-refractivity contribution >= 4 is 0 Å². The number of nitrogens with two attached hydrogens (primary N) is 1. The van der Waals surface area contributed by atoms with Gasteiger partial charge in [0.15, 0.2) is 0 Å². The fourth-order valence-electron chi connectivity index (χ4n) is 1.24. The maximum atomic E-state index is 5.54. The van der Waals surface area contributed by atoms with E-state index in [0.717, 1.165) is 0 Å². The van der Waals surface area contributed by atoms with E-state index >= 15 is 0 Å². The van der Waals surface area contributed by atoms with E-state index in [1.807, 2.05) is 0 Å². The summed E-state index contributed by atoms with van der Waals surface area (Å²) in [5.41, 5.74) is 10.8. The van der Waals surface area contributed by atoms with E-state index in [4.69, 9.17) is 5.73 Å². The molecule has 0 amide bonds. The summed E-state index contributed by atoms with van der Waals surface area (Å²) in [6.45, 7) is 7.04. The van der Waals surface area contributed by atoms with Crippen LogP contribution in [0.1, 0.15) is 22.3 Å². The second kappa shape index (κ2) is 3.05. The van der Waals surface area contributed by atoms with Gasteiger partial charge in [0, 0.05) is 6.54 Å². The molecular weight excluding hydrogens is 134 g/mol. The van der Waals surface area contributed by atoms with Crippen LogP contribution in [0.25, 0.3) is 0 Å². The summed E-state index contributed by atoms with van der Waals surface area (Å²) in [5.74, 6) is 0. The van der Waals surface area contributed by atoms with Crippen molar-refractivity contribution in [3.8, 4) is 0 Å². The fraction of sp³-hybridized carbons (Fsp3) is 0.400. The van der Waals surface area contributed by atoms with Crippen LogP contribution in [-0.2, 0) is 6.54 Å². The largest absolute Gasteiger partial charge is 0.326 e. The van der Waals surface area contributed by atoms with Crippen LogP contribution in [0.4, 0.5) is 0 Å². The fourth-order valence-corrected chi connectivity index (χ4v) is 1.24. The van der Waals surface area contributed by atoms with Crippen molar-refractivity contribution in [2.24, 2.45) is 5.73 Å². The third-order valence-corrected chi connectivity index (χ3v) is 2.22. The highest BCUT2D eigenvalue weighted by atomic mass is 14.5. The molecule has 0 unspecified atom stereocenters. The molecule has 0 saturated carbocycles. The molecule has 2 N–H and O–H groups in total. The Balaban J connectivity index is 3.21. The van der Waals surface area contributed by atoms with Crippen molar-refractivity contribution in [3.63, 3.8) is 0 Å². The molecule has 0 heterocycles. The van der Waals surface area contributed by atoms with Gasteiger partial charge in [0.05, 0.1) is 0 Å². The second-order valence-electron chi connectivity index (χ2n) is 3.06. The number of rotatable bonds is 1. The summed E-state index contributed by atoms with van der Waals surface area (Å²) < 4.78 is 0. The van der Waals surface area contributed by atoms with Crippen LogP contribution >= 0.6 is 0 Å². The Bertz CT molecular complexity index is 241. The lowest BCUT2D eigenvalue weighted by atomic mass is 10.0. The Morgan fingerprint density at radius 1 is 1.09 bits per heavy atom. The number of hydrogen-bond acceptors (Lipinski definition) is 1. The molecule has 0 aliphatic heterocycles. The minimum Gasteiger partial charge on any atom is -0.326 e. The molecule has 1 aromatic carbocycles. The van der Waals surface area contributed by atoms with Gasteiger partial charge in [0.2, 0.25) is 0 Å². The summed E-state index contributed by atoms with van der Waals surface area (Å²) >= 11 is 0. The maximum absolute atomic E-state index is 5.54. The standard InChI is InChI=1S/C10H15N/c1-7-4-10(6-11)5-8(2)9(7)3/h4-5H,6,11H2,1-3H3. The van der Waals surface area contributed by atoms with E-state index in [0.29, 0.717) is 6.54 Å². The minimum absolute atomic E-state index is 0.641. The van der Waals surface area contributed by atoms with Crippen molar-refractivity contribution in [2.45, 2.75) is 27.3 Å². The molecule has 1 nitrogen and oxygen atoms in total. The first-order valence-corrected chi connectivity index (χ1v) is 3.92. The Morgan fingerprint density at radius 3 is 1.91 bits per heavy atom. The van der Waals surface area contributed by atoms with Gasteiger partial charge in [-0.15, -0.1) is 0 Å². The molecule has 0 spiro atoms. The van der Waals surface area contributed by atoms with E-state index in [1.165, 1.54) is 22.3 Å². The van der Waals surface area contributed by atoms with E-state index in [9.17, 15) is 0 Å². The zero-order valence-electron chi connectivity index (χ0n) is 7.44. The molecule has 11 heavy (non-hydrogen) atoms. The van der Waals surface area contributed by atoms with E-state index in [2.05, 4.69) is 32.9 Å². The van der Waals surface area contributed by atoms with Gasteiger partial charge in [-0.25, -0.2) is 0 Å². The predicted octanol–water partition coefficient (Wildman–Crippen LogP) is 2.07. The molecule has 0 aromatic heterocycles. The smallest absolute Gasteiger partial charge is 0.0178 e. The molecule has 0 atom stereocenters. The van der Waals surface area contributed by atoms with Crippen molar-refractivity contribution < 1.29 is 0 Å². The summed E-state index contributed by atoms with van der Waals surface area (Å²) in [7, 11) is 0. The lowest BCUT2D eigenvalue weighted by molar-refractivity contribution is 1.05. The number of aryl methyl sites for hydroxylation is 2. The molecule has 0 bridgehead atoms. The minimum atomic E-state index is 0.641. The Kier molecular flexibility index (Phi) is 2.30. The van der Waals surface area contributed by atoms with Gasteiger partial charge in [-0.2, -0.15) is 0 Å². The van der Waals surface area contributed by atoms with E-state index in [-0.39, 0.29) is 0 Å². The van der Waals surface area contributed by atoms with Crippen LogP contribution in [0.3, 0.4) is 0 Å². The van der Waals surface area contributed by atoms with Gasteiger partial charge in [-0.05, 0) is 43.0 Å². The summed E-state index contributed by atoms with van der Waals surface area (Å²) in [6.07, 6.45) is 0. The topological polar surface area (TPSA) is 26.0 Å². The Labute approximate surface area is 68.2 Å². The van der Waals surface area contributed by atoms with Gasteiger partial charge in [0.1, 0.15) is 0 Å². The van der Waals surface area contributed by atoms with Crippen LogP contribution < -0.4 is 5.73 Å². The third kappa shape index (κ3) is 1.60. The van der Waals surface area contributed by atoms with Crippen LogP contribution in [0.15, 0.2) is 12.1 Å². The van der Waals surface area contributed by atoms with Crippen molar-refractivity contribution in [1.82, 2.24) is 0 Å². The average Bonchev–Trinajstić information content (AvgIpc) is 1.99. The zero-order valence-corrected chi connectivity index (χ0v) is 7.44. The van der Waals surface area contributed by atoms with Crippen LogP contribution in [0.2, 0.25) is 0 Å². The van der Waals surface area contributed by atoms with Gasteiger partial charge < -0.3 is 5.73 Å². The van der Waals surface area contributed by atoms with Crippen LogP contribution in [0, 0.1) is 20.8 Å². The van der Waals surface area contributed by atoms with E-state index < -0.39 is 0 Å². The molecular formula is C10H15N. The molecule has 1 heteroatoms. The first kappa shape index (κ1) is 8.28. The highest BCUT2D eigenvalue weighted by Gasteiger charge is 1.98. The molecule has 0 radical (unpaired) electrons. The van der Waals surface area contributed by atoms with Gasteiger partial charge >= 0.3 is 0 Å². The predicted molar refractivity (Wildman–Crippen MR) is 48.5 cm³/mol. The third-order valence-electron chi connectivity index (χ3n) is 2.22.